The van der Waals surface area contributed by atoms with Gasteiger partial charge in [-0.15, -0.1) is 12.4 Å². The van der Waals surface area contributed by atoms with Crippen LogP contribution in [0.25, 0.3) is 0 Å². The van der Waals surface area contributed by atoms with Crippen LogP contribution in [-0.4, -0.2) is 56.4 Å². The lowest BCUT2D eigenvalue weighted by atomic mass is 10.2. The van der Waals surface area contributed by atoms with Crippen LogP contribution in [0.1, 0.15) is 15.9 Å². The number of nitrogens with two attached hydrogens (primary N) is 2. The second-order valence-electron chi connectivity index (χ2n) is 6.92. The minimum atomic E-state index is -4.00. The van der Waals surface area contributed by atoms with Crippen LogP contribution >= 0.6 is 24.0 Å². The van der Waals surface area contributed by atoms with Gasteiger partial charge in [0.1, 0.15) is 6.04 Å². The first-order valence-corrected chi connectivity index (χ1v) is 11.7. The monoisotopic (exact) mass is 546 g/mol. The van der Waals surface area contributed by atoms with Gasteiger partial charge in [0.05, 0.1) is 24.6 Å². The van der Waals surface area contributed by atoms with Crippen LogP contribution in [-0.2, 0) is 25.4 Å². The molecule has 0 aliphatic rings. The van der Waals surface area contributed by atoms with Crippen molar-refractivity contribution in [3.63, 3.8) is 0 Å². The van der Waals surface area contributed by atoms with Crippen molar-refractivity contribution in [2.45, 2.75) is 11.8 Å². The summed E-state index contributed by atoms with van der Waals surface area (Å²) in [6, 6.07) is 10.2. The summed E-state index contributed by atoms with van der Waals surface area (Å²) in [5, 5.41) is 14.1. The molecule has 15 heteroatoms. The van der Waals surface area contributed by atoms with E-state index in [2.05, 4.69) is 20.3 Å². The molecule has 0 radical (unpaired) electrons. The maximum atomic E-state index is 12.3. The molecule has 0 fully saturated rings. The summed E-state index contributed by atoms with van der Waals surface area (Å²) in [4.78, 5) is 40.2. The van der Waals surface area contributed by atoms with Gasteiger partial charge in [-0.05, 0) is 42.0 Å². The molecule has 0 aliphatic heterocycles. The molecule has 8 N–H and O–H groups in total. The van der Waals surface area contributed by atoms with Crippen molar-refractivity contribution in [1.29, 1.82) is 0 Å². The number of hydrogen-bond donors (Lipinski definition) is 6. The number of benzene rings is 2. The zero-order valence-corrected chi connectivity index (χ0v) is 20.5. The first-order chi connectivity index (χ1) is 16.0. The molecule has 0 saturated heterocycles. The lowest BCUT2D eigenvalue weighted by Crippen LogP contribution is -2.51. The van der Waals surface area contributed by atoms with E-state index in [1.54, 1.807) is 0 Å². The number of nitrogens with one attached hydrogen (secondary N) is 3. The number of amides is 3. The van der Waals surface area contributed by atoms with E-state index in [-0.39, 0.29) is 23.9 Å². The van der Waals surface area contributed by atoms with Gasteiger partial charge in [-0.2, -0.15) is 0 Å². The molecule has 0 heterocycles. The summed E-state index contributed by atoms with van der Waals surface area (Å²) in [6.45, 7) is -1.49. The van der Waals surface area contributed by atoms with E-state index in [1.807, 2.05) is 0 Å². The molecule has 0 saturated carbocycles. The lowest BCUT2D eigenvalue weighted by Gasteiger charge is -2.16. The predicted octanol–water partition coefficient (Wildman–Crippen LogP) is -0.480. The zero-order chi connectivity index (χ0) is 25.3. The third-order valence-electron chi connectivity index (χ3n) is 4.15. The SMILES string of the molecule is Cl.NC(N)=Nc1ccc(C(=O)NC(=O)CNC(=O)[C@H](CO)NS(=O)(=O)Cc2ccc(Cl)cc2)cc1. The third-order valence-corrected chi connectivity index (χ3v) is 5.76. The molecule has 0 aliphatic carbocycles. The van der Waals surface area contributed by atoms with E-state index in [0.717, 1.165) is 0 Å². The Labute approximate surface area is 212 Å². The quantitative estimate of drug-likeness (QED) is 0.169. The van der Waals surface area contributed by atoms with Gasteiger partial charge >= 0.3 is 0 Å². The number of sulfonamides is 1. The van der Waals surface area contributed by atoms with Crippen LogP contribution in [0, 0.1) is 0 Å². The molecular weight excluding hydrogens is 523 g/mol. The molecule has 0 unspecified atom stereocenters. The molecule has 2 aromatic carbocycles. The van der Waals surface area contributed by atoms with Gasteiger partial charge in [0.2, 0.25) is 21.8 Å². The van der Waals surface area contributed by atoms with Gasteiger partial charge in [-0.1, -0.05) is 23.7 Å². The molecule has 3 amide bonds. The highest BCUT2D eigenvalue weighted by molar-refractivity contribution is 7.88. The number of guanidine groups is 1. The van der Waals surface area contributed by atoms with Crippen molar-refractivity contribution in [2.24, 2.45) is 16.5 Å². The number of carbonyl (C=O) groups is 3. The van der Waals surface area contributed by atoms with Crippen molar-refractivity contribution >= 4 is 63.4 Å². The molecule has 2 rings (SSSR count). The molecule has 1 atom stereocenters. The van der Waals surface area contributed by atoms with Gasteiger partial charge in [0.25, 0.3) is 5.91 Å². The van der Waals surface area contributed by atoms with E-state index >= 15 is 0 Å². The molecule has 2 aromatic rings. The van der Waals surface area contributed by atoms with Gasteiger partial charge in [0, 0.05) is 10.6 Å². The lowest BCUT2D eigenvalue weighted by molar-refractivity contribution is -0.127. The zero-order valence-electron chi connectivity index (χ0n) is 18.1. The Kier molecular flexibility index (Phi) is 11.6. The van der Waals surface area contributed by atoms with E-state index in [4.69, 9.17) is 23.1 Å². The van der Waals surface area contributed by atoms with Gasteiger partial charge in [-0.25, -0.2) is 18.1 Å². The maximum absolute atomic E-state index is 12.3. The molecule has 0 aromatic heterocycles. The average molecular weight is 547 g/mol. The number of carbonyl (C=O) groups excluding carboxylic acids is 3. The van der Waals surface area contributed by atoms with Gasteiger partial charge < -0.3 is 21.9 Å². The van der Waals surface area contributed by atoms with Crippen LogP contribution in [0.15, 0.2) is 53.5 Å². The standard InChI is InChI=1S/C20H23ClN6O6S.ClH/c21-14-5-1-12(2-6-14)11-34(32,33)27-16(10-28)19(31)24-9-17(29)26-18(30)13-3-7-15(8-4-13)25-20(22)23;/h1-8,16,27-28H,9-11H2,(H,24,31)(H4,22,23,25)(H,26,29,30);1H/t16-;/m0./s1. The van der Waals surface area contributed by atoms with Crippen LogP contribution in [0.2, 0.25) is 5.02 Å². The van der Waals surface area contributed by atoms with Crippen LogP contribution < -0.4 is 26.8 Å². The summed E-state index contributed by atoms with van der Waals surface area (Å²) in [5.74, 6) is -3.15. The van der Waals surface area contributed by atoms with Crippen molar-refractivity contribution in [3.05, 3.63) is 64.7 Å². The van der Waals surface area contributed by atoms with E-state index < -0.39 is 52.7 Å². The molecule has 0 bridgehead atoms. The fraction of sp³-hybridized carbons (Fsp3) is 0.200. The second kappa shape index (κ2) is 13.6. The predicted molar refractivity (Wildman–Crippen MR) is 133 cm³/mol. The fourth-order valence-corrected chi connectivity index (χ4v) is 4.06. The van der Waals surface area contributed by atoms with Crippen LogP contribution in [0.4, 0.5) is 5.69 Å². The van der Waals surface area contributed by atoms with E-state index in [0.29, 0.717) is 16.3 Å². The highest BCUT2D eigenvalue weighted by atomic mass is 35.5. The van der Waals surface area contributed by atoms with Gasteiger partial charge in [-0.3, -0.25) is 19.7 Å². The maximum Gasteiger partial charge on any atom is 0.257 e. The summed E-state index contributed by atoms with van der Waals surface area (Å²) in [7, 11) is -4.00. The summed E-state index contributed by atoms with van der Waals surface area (Å²) < 4.78 is 26.7. The first kappa shape index (κ1) is 29.8. The number of hydrogen-bond acceptors (Lipinski definition) is 7. The Bertz CT molecular complexity index is 1170. The highest BCUT2D eigenvalue weighted by Crippen LogP contribution is 2.13. The molecule has 190 valence electrons. The Morgan fingerprint density at radius 2 is 1.63 bits per heavy atom. The Balaban J connectivity index is 0.00000612. The first-order valence-electron chi connectivity index (χ1n) is 9.66. The minimum absolute atomic E-state index is 0. The van der Waals surface area contributed by atoms with Crippen LogP contribution in [0.3, 0.4) is 0 Å². The number of nitrogens with zero attached hydrogens (tertiary/aromatic N) is 1. The smallest absolute Gasteiger partial charge is 0.257 e. The minimum Gasteiger partial charge on any atom is -0.394 e. The Morgan fingerprint density at radius 1 is 1.03 bits per heavy atom. The number of aliphatic hydroxyl groups is 1. The number of aliphatic imine (C=N–C) groups is 1. The average Bonchev–Trinajstić information content (AvgIpc) is 2.77. The molecule has 35 heavy (non-hydrogen) atoms. The normalized spacial score (nSPS) is 11.5. The Hall–Kier alpha value is -3.23. The van der Waals surface area contributed by atoms with Crippen molar-refractivity contribution in [3.8, 4) is 0 Å². The number of rotatable bonds is 10. The van der Waals surface area contributed by atoms with Crippen molar-refractivity contribution < 1.29 is 27.9 Å². The number of halogens is 2. The topological polar surface area (TPSA) is 206 Å². The number of imide groups is 1. The van der Waals surface area contributed by atoms with E-state index in [1.165, 1.54) is 48.5 Å². The molecule has 0 spiro atoms. The fourth-order valence-electron chi connectivity index (χ4n) is 2.60. The summed E-state index contributed by atoms with van der Waals surface area (Å²) in [5.41, 5.74) is 11.5. The van der Waals surface area contributed by atoms with E-state index in [9.17, 15) is 27.9 Å². The number of aliphatic hydroxyl groups excluding tert-OH is 1. The van der Waals surface area contributed by atoms with Crippen molar-refractivity contribution in [1.82, 2.24) is 15.4 Å². The van der Waals surface area contributed by atoms with Crippen LogP contribution in [0.5, 0.6) is 0 Å². The summed E-state index contributed by atoms with van der Waals surface area (Å²) in [6.07, 6.45) is 0. The Morgan fingerprint density at radius 3 is 2.17 bits per heavy atom. The highest BCUT2D eigenvalue weighted by Gasteiger charge is 2.24. The third kappa shape index (κ3) is 10.3. The van der Waals surface area contributed by atoms with Crippen molar-refractivity contribution in [2.75, 3.05) is 13.2 Å². The second-order valence-corrected chi connectivity index (χ2v) is 9.11. The largest absolute Gasteiger partial charge is 0.394 e. The molecular formula is C20H24Cl2N6O6S. The molecule has 12 nitrogen and oxygen atoms in total. The summed E-state index contributed by atoms with van der Waals surface area (Å²) >= 11 is 5.76. The van der Waals surface area contributed by atoms with Gasteiger partial charge in [0.15, 0.2) is 5.96 Å².